The number of ether oxygens (including phenoxy) is 4. The van der Waals surface area contributed by atoms with Crippen molar-refractivity contribution in [3.05, 3.63) is 227 Å². The van der Waals surface area contributed by atoms with Crippen molar-refractivity contribution in [2.75, 3.05) is 39.5 Å². The molecule has 0 atom stereocenters. The summed E-state index contributed by atoms with van der Waals surface area (Å²) in [7, 11) is -1.98. The predicted molar refractivity (Wildman–Crippen MR) is 341 cm³/mol. The zero-order valence-corrected chi connectivity index (χ0v) is 51.4. The summed E-state index contributed by atoms with van der Waals surface area (Å²) in [6.45, 7) is 0. The highest BCUT2D eigenvalue weighted by molar-refractivity contribution is 7.88. The van der Waals surface area contributed by atoms with Gasteiger partial charge >= 0.3 is 7.12 Å². The Morgan fingerprint density at radius 3 is 1.13 bits per heavy atom. The van der Waals surface area contributed by atoms with Crippen molar-refractivity contribution in [2.24, 2.45) is 10.3 Å². The quantitative estimate of drug-likeness (QED) is 0.0335. The molecule has 0 aliphatic carbocycles. The Labute approximate surface area is 523 Å². The first-order valence-corrected chi connectivity index (χ1v) is 30.0. The molecule has 0 unspecified atom stereocenters. The molecule has 10 rings (SSSR count). The lowest BCUT2D eigenvalue weighted by atomic mass is 9.80. The molecular formula is C58H57BCl4N12O10S2. The van der Waals surface area contributed by atoms with Crippen molar-refractivity contribution in [3.63, 3.8) is 0 Å². The zero-order chi connectivity index (χ0) is 63.4. The molecule has 10 aromatic rings. The van der Waals surface area contributed by atoms with E-state index in [1.165, 1.54) is 31.4 Å². The highest BCUT2D eigenvalue weighted by Crippen LogP contribution is 2.26. The highest BCUT2D eigenvalue weighted by atomic mass is 35.5. The number of nitrogens with one attached hydrogen (secondary N) is 1. The van der Waals surface area contributed by atoms with E-state index >= 15 is 0 Å². The van der Waals surface area contributed by atoms with Crippen LogP contribution in [0.25, 0.3) is 33.8 Å². The largest absolute Gasteiger partial charge is 0.497 e. The third-order valence-electron chi connectivity index (χ3n) is 11.0. The van der Waals surface area contributed by atoms with E-state index < -0.39 is 27.2 Å². The van der Waals surface area contributed by atoms with Gasteiger partial charge in [-0.05, 0) is 126 Å². The minimum absolute atomic E-state index is 0.169. The Bertz CT molecular complexity index is 3870. The van der Waals surface area contributed by atoms with Crippen molar-refractivity contribution < 1.29 is 45.8 Å². The molecule has 0 aliphatic heterocycles. The molecule has 0 fully saturated rings. The first kappa shape index (κ1) is 69.2. The van der Waals surface area contributed by atoms with E-state index in [9.17, 15) is 16.8 Å². The predicted octanol–water partition coefficient (Wildman–Crippen LogP) is 9.51. The van der Waals surface area contributed by atoms with Gasteiger partial charge in [0.05, 0.1) is 57.0 Å². The number of methoxy groups -OCH3 is 4. The van der Waals surface area contributed by atoms with Gasteiger partial charge < -0.3 is 40.0 Å². The van der Waals surface area contributed by atoms with Crippen LogP contribution in [0.3, 0.4) is 0 Å². The van der Waals surface area contributed by atoms with E-state index in [4.69, 9.17) is 91.4 Å². The Morgan fingerprint density at radius 2 is 0.782 bits per heavy atom. The number of halogens is 4. The second-order valence-electron chi connectivity index (χ2n) is 17.4. The fourth-order valence-corrected chi connectivity index (χ4v) is 8.91. The molecule has 4 aromatic heterocycles. The molecule has 9 N–H and O–H groups in total. The summed E-state index contributed by atoms with van der Waals surface area (Å²) in [5, 5.41) is 32.1. The van der Waals surface area contributed by atoms with Gasteiger partial charge in [-0.2, -0.15) is 0 Å². The molecule has 87 heavy (non-hydrogen) atoms. The number of anilines is 3. The Morgan fingerprint density at radius 1 is 0.437 bits per heavy atom. The molecule has 0 saturated carbocycles. The van der Waals surface area contributed by atoms with Gasteiger partial charge in [0.25, 0.3) is 0 Å². The number of primary sulfonamides is 2. The van der Waals surface area contributed by atoms with Crippen molar-refractivity contribution in [3.8, 4) is 56.8 Å². The first-order chi connectivity index (χ1) is 41.5. The summed E-state index contributed by atoms with van der Waals surface area (Å²) in [5.74, 6) is 3.32. The lowest BCUT2D eigenvalue weighted by molar-refractivity contribution is 0.414. The van der Waals surface area contributed by atoms with Gasteiger partial charge in [0, 0.05) is 52.3 Å². The summed E-state index contributed by atoms with van der Waals surface area (Å²) in [4.78, 5) is 31.6. The van der Waals surface area contributed by atoms with Crippen LogP contribution in [0.2, 0.25) is 20.6 Å². The lowest BCUT2D eigenvalue weighted by Crippen LogP contribution is -2.29. The Kier molecular flexibility index (Phi) is 27.9. The molecule has 0 amide bonds. The van der Waals surface area contributed by atoms with Crippen LogP contribution in [-0.2, 0) is 31.6 Å². The maximum absolute atomic E-state index is 11.2. The van der Waals surface area contributed by atoms with Crippen LogP contribution in [0, 0.1) is 0 Å². The summed E-state index contributed by atoms with van der Waals surface area (Å²) >= 11 is 22.4. The number of hydrogen-bond acceptors (Lipinski definition) is 20. The van der Waals surface area contributed by atoms with E-state index in [2.05, 4.69) is 45.2 Å². The maximum Gasteiger partial charge on any atom is 0.488 e. The monoisotopic (exact) mass is 1300 g/mol. The van der Waals surface area contributed by atoms with E-state index in [-0.39, 0.29) is 11.5 Å². The number of hydrogen-bond donors (Lipinski definition) is 6. The van der Waals surface area contributed by atoms with Crippen molar-refractivity contribution in [1.29, 1.82) is 0 Å². The number of aromatic nitrogens is 8. The minimum Gasteiger partial charge on any atom is -0.497 e. The van der Waals surface area contributed by atoms with E-state index in [1.807, 2.05) is 84.9 Å². The number of nitrogen functional groups attached to an aromatic ring is 1. The zero-order valence-electron chi connectivity index (χ0n) is 46.8. The van der Waals surface area contributed by atoms with E-state index in [0.29, 0.717) is 60.1 Å². The first-order valence-electron chi connectivity index (χ1n) is 25.1. The fourth-order valence-electron chi connectivity index (χ4n) is 6.97. The lowest BCUT2D eigenvalue weighted by Gasteiger charge is -2.09. The van der Waals surface area contributed by atoms with Crippen LogP contribution >= 0.6 is 46.4 Å². The Balaban J connectivity index is 0.000000199. The molecule has 4 heterocycles. The average Bonchev–Trinajstić information content (AvgIpc) is 3.61. The number of sulfonamides is 2. The molecule has 0 spiro atoms. The SMILES string of the molecule is COc1ccc(-c2cc(Cl)ncn2)cc1.COc1ccc(-c2cc(Cl)ncn2)cc1.COc1ccc(-c2cc(Nc3cccc(CS(N)(=O)=O)c3)ncn2)cc1.COc1ccc(B(O)O)cc1.Clc1cc(Cl)ncn1.Nc1cccc(CS(N)(=O)=O)c1. The van der Waals surface area contributed by atoms with E-state index in [1.54, 1.807) is 107 Å². The standard InChI is InChI=1S/C18H18N4O3S.2C11H9ClN2O.C7H9BO3.C7H10N2O2S.C4H2Cl2N2/c1-25-16-7-5-14(6-8-16)17-10-18(21-12-20-17)22-15-4-2-3-13(9-15)11-26(19,23)24;2*1-15-9-4-2-8(3-5-9)10-6-11(12)14-7-13-10;1-11-7-4-2-6(3-5-7)8(9)10;8-7-3-1-2-6(4-7)5-12(9,10)11;5-3-1-4(6)8-2-7-3/h2-10,12H,11H2,1H3,(H2,19,23,24)(H,20,21,22);2*2-7H,1H3;2-5,9-10H,1H3;1-4H,5,8H2,(H2,9,10,11);1-2H. The van der Waals surface area contributed by atoms with Gasteiger partial charge in [-0.1, -0.05) is 82.8 Å². The van der Waals surface area contributed by atoms with Crippen LogP contribution < -0.4 is 45.7 Å². The van der Waals surface area contributed by atoms with Crippen LogP contribution in [0.1, 0.15) is 11.1 Å². The topological polar surface area (TPSA) is 339 Å². The molecule has 452 valence electrons. The van der Waals surface area contributed by atoms with Crippen molar-refractivity contribution >= 4 is 96.2 Å². The number of nitrogens with two attached hydrogens (primary N) is 3. The van der Waals surface area contributed by atoms with Crippen LogP contribution in [-0.4, -0.2) is 102 Å². The maximum atomic E-state index is 11.2. The third kappa shape index (κ3) is 26.3. The van der Waals surface area contributed by atoms with Crippen LogP contribution in [0.15, 0.2) is 195 Å². The average molecular weight is 1300 g/mol. The van der Waals surface area contributed by atoms with Gasteiger partial charge in [-0.25, -0.2) is 67.0 Å². The molecular weight excluding hydrogens is 1240 g/mol. The second-order valence-corrected chi connectivity index (χ2v) is 22.2. The highest BCUT2D eigenvalue weighted by Gasteiger charge is 2.11. The molecule has 0 bridgehead atoms. The van der Waals surface area contributed by atoms with Gasteiger partial charge in [0.2, 0.25) is 20.0 Å². The molecule has 0 saturated heterocycles. The molecule has 22 nitrogen and oxygen atoms in total. The molecule has 6 aromatic carbocycles. The smallest absolute Gasteiger partial charge is 0.488 e. The molecule has 0 aliphatic rings. The third-order valence-corrected chi connectivity index (χ3v) is 13.3. The molecule has 29 heteroatoms. The normalized spacial score (nSPS) is 10.4. The van der Waals surface area contributed by atoms with Crippen LogP contribution in [0.4, 0.5) is 17.2 Å². The van der Waals surface area contributed by atoms with Gasteiger partial charge in [-0.3, -0.25) is 0 Å². The number of nitrogens with zero attached hydrogens (tertiary/aromatic N) is 8. The van der Waals surface area contributed by atoms with Gasteiger partial charge in [-0.15, -0.1) is 0 Å². The fraction of sp³-hybridized carbons (Fsp3) is 0.103. The minimum atomic E-state index is -3.58. The summed E-state index contributed by atoms with van der Waals surface area (Å²) < 4.78 is 64.0. The van der Waals surface area contributed by atoms with Crippen molar-refractivity contribution in [2.45, 2.75) is 11.5 Å². The van der Waals surface area contributed by atoms with Gasteiger partial charge in [0.1, 0.15) is 74.7 Å². The molecule has 0 radical (unpaired) electrons. The van der Waals surface area contributed by atoms with Gasteiger partial charge in [0.15, 0.2) is 0 Å². The second kappa shape index (κ2) is 35.1. The number of rotatable bonds is 14. The van der Waals surface area contributed by atoms with Crippen molar-refractivity contribution in [1.82, 2.24) is 39.9 Å². The van der Waals surface area contributed by atoms with Crippen LogP contribution in [0.5, 0.6) is 23.0 Å². The van der Waals surface area contributed by atoms with E-state index in [0.717, 1.165) is 51.0 Å². The summed E-state index contributed by atoms with van der Waals surface area (Å²) in [6, 6.07) is 49.7. The number of benzene rings is 6. The summed E-state index contributed by atoms with van der Waals surface area (Å²) in [5.41, 5.74) is 13.6. The summed E-state index contributed by atoms with van der Waals surface area (Å²) in [6.07, 6.45) is 5.67. The Hall–Kier alpha value is -8.60.